The predicted octanol–water partition coefficient (Wildman–Crippen LogP) is 2.05. The maximum atomic E-state index is 12.3. The molecule has 1 aliphatic rings. The number of hydrogen-bond acceptors (Lipinski definition) is 5. The Hall–Kier alpha value is -1.21. The smallest absolute Gasteiger partial charge is 0.155 e. The fourth-order valence-corrected chi connectivity index (χ4v) is 2.29. The standard InChI is InChI=1S/C11H14F2N2O2S/c12-6-9(7-13)17-8-1-2-10(11(16)5-8)15-3-4-18-14-15/h1-2,5,9,14,16H,3-4,6-7H2. The molecular formula is C11H14F2N2O2S. The number of nitrogens with one attached hydrogen (secondary N) is 1. The summed E-state index contributed by atoms with van der Waals surface area (Å²) in [6.45, 7) is -1.03. The van der Waals surface area contributed by atoms with Gasteiger partial charge in [0.2, 0.25) is 0 Å². The number of hydrazine groups is 1. The summed E-state index contributed by atoms with van der Waals surface area (Å²) in [6, 6.07) is 4.59. The summed E-state index contributed by atoms with van der Waals surface area (Å²) in [4.78, 5) is 3.03. The van der Waals surface area contributed by atoms with Crippen LogP contribution in [-0.2, 0) is 0 Å². The Morgan fingerprint density at radius 3 is 2.78 bits per heavy atom. The van der Waals surface area contributed by atoms with Gasteiger partial charge in [-0.25, -0.2) is 8.78 Å². The molecule has 2 rings (SSSR count). The van der Waals surface area contributed by atoms with Crippen LogP contribution in [0.4, 0.5) is 14.5 Å². The first-order valence-electron chi connectivity index (χ1n) is 5.51. The highest BCUT2D eigenvalue weighted by Crippen LogP contribution is 2.32. The summed E-state index contributed by atoms with van der Waals surface area (Å²) >= 11 is 1.54. The SMILES string of the molecule is Oc1cc(OC(CF)CF)ccc1N1CCSN1. The highest BCUT2D eigenvalue weighted by Gasteiger charge is 2.17. The maximum Gasteiger partial charge on any atom is 0.155 e. The monoisotopic (exact) mass is 276 g/mol. The first-order chi connectivity index (χ1) is 8.74. The van der Waals surface area contributed by atoms with Gasteiger partial charge in [0.1, 0.15) is 24.8 Å². The molecule has 0 atom stereocenters. The topological polar surface area (TPSA) is 44.7 Å². The molecule has 1 aromatic carbocycles. The molecule has 1 saturated heterocycles. The first kappa shape index (κ1) is 13.2. The fraction of sp³-hybridized carbons (Fsp3) is 0.455. The van der Waals surface area contributed by atoms with E-state index in [1.165, 1.54) is 6.07 Å². The van der Waals surface area contributed by atoms with E-state index in [0.717, 1.165) is 12.3 Å². The molecule has 2 N–H and O–H groups in total. The van der Waals surface area contributed by atoms with Crippen molar-refractivity contribution in [3.8, 4) is 11.5 Å². The third-order valence-electron chi connectivity index (χ3n) is 2.48. The lowest BCUT2D eigenvalue weighted by Crippen LogP contribution is -2.27. The number of alkyl halides is 2. The quantitative estimate of drug-likeness (QED) is 0.806. The second-order valence-electron chi connectivity index (χ2n) is 3.79. The minimum Gasteiger partial charge on any atom is -0.506 e. The lowest BCUT2D eigenvalue weighted by molar-refractivity contribution is 0.133. The number of phenolic OH excluding ortho intramolecular Hbond substituents is 1. The van der Waals surface area contributed by atoms with E-state index in [2.05, 4.69) is 4.83 Å². The van der Waals surface area contributed by atoms with Crippen LogP contribution in [0.25, 0.3) is 0 Å². The van der Waals surface area contributed by atoms with Crippen molar-refractivity contribution in [1.82, 2.24) is 4.83 Å². The third kappa shape index (κ3) is 2.97. The molecule has 0 amide bonds. The van der Waals surface area contributed by atoms with Gasteiger partial charge in [0, 0.05) is 18.4 Å². The molecule has 0 aliphatic carbocycles. The minimum atomic E-state index is -1.12. The lowest BCUT2D eigenvalue weighted by Gasteiger charge is -2.19. The normalized spacial score (nSPS) is 15.4. The summed E-state index contributed by atoms with van der Waals surface area (Å²) < 4.78 is 29.7. The number of aromatic hydroxyl groups is 1. The van der Waals surface area contributed by atoms with Crippen molar-refractivity contribution in [2.75, 3.05) is 30.7 Å². The number of hydrogen-bond donors (Lipinski definition) is 2. The van der Waals surface area contributed by atoms with Crippen molar-refractivity contribution in [2.24, 2.45) is 0 Å². The fourth-order valence-electron chi connectivity index (χ4n) is 1.58. The van der Waals surface area contributed by atoms with E-state index in [-0.39, 0.29) is 11.5 Å². The number of halogens is 2. The van der Waals surface area contributed by atoms with Gasteiger partial charge in [-0.1, -0.05) is 11.9 Å². The van der Waals surface area contributed by atoms with E-state index < -0.39 is 19.5 Å². The van der Waals surface area contributed by atoms with Gasteiger partial charge in [0.25, 0.3) is 0 Å². The first-order valence-corrected chi connectivity index (χ1v) is 6.49. The molecule has 1 fully saturated rings. The molecule has 1 aliphatic heterocycles. The number of anilines is 1. The third-order valence-corrected chi connectivity index (χ3v) is 3.21. The second-order valence-corrected chi connectivity index (χ2v) is 4.67. The highest BCUT2D eigenvalue weighted by atomic mass is 32.2. The zero-order valence-corrected chi connectivity index (χ0v) is 10.4. The van der Waals surface area contributed by atoms with Crippen molar-refractivity contribution in [1.29, 1.82) is 0 Å². The summed E-state index contributed by atoms with van der Waals surface area (Å²) in [6.07, 6.45) is -1.12. The molecule has 0 unspecified atom stereocenters. The Morgan fingerprint density at radius 2 is 2.22 bits per heavy atom. The molecule has 18 heavy (non-hydrogen) atoms. The number of benzene rings is 1. The van der Waals surface area contributed by atoms with E-state index in [1.54, 1.807) is 29.1 Å². The molecule has 0 aromatic heterocycles. The van der Waals surface area contributed by atoms with Gasteiger partial charge in [-0.3, -0.25) is 5.01 Å². The predicted molar refractivity (Wildman–Crippen MR) is 67.4 cm³/mol. The van der Waals surface area contributed by atoms with Crippen molar-refractivity contribution in [3.05, 3.63) is 18.2 Å². The van der Waals surface area contributed by atoms with Crippen LogP contribution in [0.3, 0.4) is 0 Å². The van der Waals surface area contributed by atoms with E-state index in [4.69, 9.17) is 4.74 Å². The highest BCUT2D eigenvalue weighted by molar-refractivity contribution is 7.97. The molecule has 100 valence electrons. The summed E-state index contributed by atoms with van der Waals surface area (Å²) in [7, 11) is 0. The van der Waals surface area contributed by atoms with Crippen molar-refractivity contribution in [3.63, 3.8) is 0 Å². The van der Waals surface area contributed by atoms with Crippen LogP contribution in [-0.4, -0.2) is 36.9 Å². The number of ether oxygens (including phenoxy) is 1. The molecule has 7 heteroatoms. The minimum absolute atomic E-state index is 0.0129. The second kappa shape index (κ2) is 6.10. The van der Waals surface area contributed by atoms with Crippen LogP contribution in [0.15, 0.2) is 18.2 Å². The van der Waals surface area contributed by atoms with Gasteiger partial charge >= 0.3 is 0 Å². The van der Waals surface area contributed by atoms with Crippen LogP contribution in [0, 0.1) is 0 Å². The maximum absolute atomic E-state index is 12.3. The van der Waals surface area contributed by atoms with Gasteiger partial charge in [-0.15, -0.1) is 0 Å². The van der Waals surface area contributed by atoms with E-state index in [0.29, 0.717) is 5.69 Å². The van der Waals surface area contributed by atoms with E-state index in [9.17, 15) is 13.9 Å². The lowest BCUT2D eigenvalue weighted by atomic mass is 10.2. The van der Waals surface area contributed by atoms with Crippen LogP contribution in [0.5, 0.6) is 11.5 Å². The average Bonchev–Trinajstić information content (AvgIpc) is 2.89. The summed E-state index contributed by atoms with van der Waals surface area (Å²) in [5.41, 5.74) is 0.615. The van der Waals surface area contributed by atoms with Crippen LogP contribution >= 0.6 is 11.9 Å². The van der Waals surface area contributed by atoms with Gasteiger partial charge in [0.15, 0.2) is 6.10 Å². The van der Waals surface area contributed by atoms with Crippen LogP contribution in [0.2, 0.25) is 0 Å². The largest absolute Gasteiger partial charge is 0.506 e. The van der Waals surface area contributed by atoms with E-state index >= 15 is 0 Å². The van der Waals surface area contributed by atoms with E-state index in [1.807, 2.05) is 0 Å². The van der Waals surface area contributed by atoms with Crippen molar-refractivity contribution < 1.29 is 18.6 Å². The van der Waals surface area contributed by atoms with Gasteiger partial charge in [-0.2, -0.15) is 4.83 Å². The van der Waals surface area contributed by atoms with Gasteiger partial charge in [-0.05, 0) is 12.1 Å². The molecule has 4 nitrogen and oxygen atoms in total. The van der Waals surface area contributed by atoms with Gasteiger partial charge in [0.05, 0.1) is 5.69 Å². The van der Waals surface area contributed by atoms with Crippen LogP contribution in [0.1, 0.15) is 0 Å². The Balaban J connectivity index is 2.09. The molecule has 0 saturated carbocycles. The van der Waals surface area contributed by atoms with Gasteiger partial charge < -0.3 is 9.84 Å². The zero-order chi connectivity index (χ0) is 13.0. The molecule has 0 bridgehead atoms. The zero-order valence-electron chi connectivity index (χ0n) is 9.60. The Labute approximate surface area is 108 Å². The van der Waals surface area contributed by atoms with Crippen molar-refractivity contribution in [2.45, 2.75) is 6.10 Å². The van der Waals surface area contributed by atoms with Crippen molar-refractivity contribution >= 4 is 17.6 Å². The Bertz CT molecular complexity index is 399. The summed E-state index contributed by atoms with van der Waals surface area (Å²) in [5.74, 6) is 1.19. The molecular weight excluding hydrogens is 262 g/mol. The summed E-state index contributed by atoms with van der Waals surface area (Å²) in [5, 5.41) is 11.6. The number of nitrogens with zero attached hydrogens (tertiary/aromatic N) is 1. The molecule has 0 radical (unpaired) electrons. The number of rotatable bonds is 5. The average molecular weight is 276 g/mol. The van der Waals surface area contributed by atoms with Crippen LogP contribution < -0.4 is 14.6 Å². The molecule has 0 spiro atoms. The Morgan fingerprint density at radius 1 is 1.44 bits per heavy atom. The number of phenols is 1. The Kier molecular flexibility index (Phi) is 4.48. The molecule has 1 aromatic rings. The molecule has 1 heterocycles.